The maximum Gasteiger partial charge on any atom is 0.365 e. The molecule has 0 spiro atoms. The summed E-state index contributed by atoms with van der Waals surface area (Å²) in [4.78, 5) is 0. The first-order valence-electron chi connectivity index (χ1n) is 7.63. The fourth-order valence-corrected chi connectivity index (χ4v) is 6.74. The van der Waals surface area contributed by atoms with E-state index in [0.29, 0.717) is 13.0 Å². The monoisotopic (exact) mass is 647 g/mol. The second kappa shape index (κ2) is 11.3. The van der Waals surface area contributed by atoms with E-state index in [1.54, 1.807) is 0 Å². The average molecular weight is 652 g/mol. The average Bonchev–Trinajstić information content (AvgIpc) is 2.73. The Labute approximate surface area is 228 Å². The van der Waals surface area contributed by atoms with Gasteiger partial charge in [-0.1, -0.05) is 123 Å². The molecule has 15 heteroatoms. The lowest BCUT2D eigenvalue weighted by molar-refractivity contribution is 0.470. The summed E-state index contributed by atoms with van der Waals surface area (Å²) in [6.45, 7) is -1.18. The van der Waals surface area contributed by atoms with Crippen LogP contribution in [0.2, 0.25) is 50.2 Å². The van der Waals surface area contributed by atoms with Crippen molar-refractivity contribution >= 4 is 134 Å². The lowest BCUT2D eigenvalue weighted by Crippen LogP contribution is -2.20. The van der Waals surface area contributed by atoms with E-state index in [-0.39, 0.29) is 61.7 Å². The third-order valence-electron chi connectivity index (χ3n) is 3.32. The Hall–Kier alpha value is 1.55. The largest absolute Gasteiger partial charge is 0.421 e. The molecule has 0 saturated carbocycles. The van der Waals surface area contributed by atoms with Crippen molar-refractivity contribution in [3.8, 4) is 11.5 Å². The highest BCUT2D eigenvalue weighted by molar-refractivity contribution is 8.09. The molecule has 0 aliphatic rings. The van der Waals surface area contributed by atoms with Crippen LogP contribution in [0.25, 0.3) is 0 Å². The maximum atomic E-state index is 6.24. The number of halogens is 10. The van der Waals surface area contributed by atoms with Gasteiger partial charge in [-0.05, 0) is 6.42 Å². The zero-order chi connectivity index (χ0) is 23.0. The molecule has 2 rings (SSSR count). The Bertz CT molecular complexity index is 918. The molecular formula is C15H8Cl10NO2PS. The minimum absolute atomic E-state index is 0.0428. The molecule has 0 saturated heterocycles. The van der Waals surface area contributed by atoms with Crippen molar-refractivity contribution in [3.05, 3.63) is 50.2 Å². The molecule has 0 atom stereocenters. The van der Waals surface area contributed by atoms with Crippen LogP contribution >= 0.6 is 123 Å². The number of nitrogens with one attached hydrogen (secondary N) is 1. The van der Waals surface area contributed by atoms with Gasteiger partial charge in [0.1, 0.15) is 20.1 Å². The van der Waals surface area contributed by atoms with Gasteiger partial charge in [0.05, 0.1) is 30.1 Å². The van der Waals surface area contributed by atoms with Crippen molar-refractivity contribution in [2.75, 3.05) is 6.54 Å². The summed E-state index contributed by atoms with van der Waals surface area (Å²) in [5.41, 5.74) is 0. The molecule has 0 amide bonds. The van der Waals surface area contributed by atoms with E-state index in [4.69, 9.17) is 137 Å². The number of benzene rings is 2. The molecule has 2 aromatic rings. The second-order valence-corrected chi connectivity index (χ2v) is 12.3. The highest BCUT2D eigenvalue weighted by Gasteiger charge is 2.31. The molecule has 166 valence electrons. The Balaban J connectivity index is 2.61. The van der Waals surface area contributed by atoms with Crippen LogP contribution in [0.5, 0.6) is 11.5 Å². The molecule has 2 aromatic carbocycles. The van der Waals surface area contributed by atoms with Crippen molar-refractivity contribution in [2.45, 2.75) is 13.3 Å². The molecule has 0 bridgehead atoms. The molecule has 0 radical (unpaired) electrons. The van der Waals surface area contributed by atoms with Gasteiger partial charge in [-0.2, -0.15) is 0 Å². The summed E-state index contributed by atoms with van der Waals surface area (Å²) >= 11 is 67.0. The van der Waals surface area contributed by atoms with Crippen molar-refractivity contribution in [1.29, 1.82) is 0 Å². The van der Waals surface area contributed by atoms with Crippen molar-refractivity contribution < 1.29 is 9.05 Å². The van der Waals surface area contributed by atoms with Gasteiger partial charge in [0.25, 0.3) is 0 Å². The number of hydrogen-bond donors (Lipinski definition) is 1. The third kappa shape index (κ3) is 5.78. The second-order valence-electron chi connectivity index (χ2n) is 5.39. The molecule has 1 N–H and O–H groups in total. The quantitative estimate of drug-likeness (QED) is 0.183. The Kier molecular flexibility index (Phi) is 10.5. The van der Waals surface area contributed by atoms with Crippen LogP contribution in [0.15, 0.2) is 0 Å². The van der Waals surface area contributed by atoms with Gasteiger partial charge in [0, 0.05) is 18.4 Å². The van der Waals surface area contributed by atoms with Crippen LogP contribution in [0.1, 0.15) is 13.3 Å². The lowest BCUT2D eigenvalue weighted by atomic mass is 10.3. The van der Waals surface area contributed by atoms with Gasteiger partial charge in [0.2, 0.25) is 0 Å². The van der Waals surface area contributed by atoms with E-state index in [1.165, 1.54) is 0 Å². The van der Waals surface area contributed by atoms with E-state index in [9.17, 15) is 0 Å². The Morgan fingerprint density at radius 1 is 0.600 bits per heavy atom. The number of hydrogen-bond acceptors (Lipinski definition) is 3. The predicted molar refractivity (Wildman–Crippen MR) is 137 cm³/mol. The topological polar surface area (TPSA) is 30.5 Å². The zero-order valence-corrected chi connectivity index (χ0v) is 23.6. The lowest BCUT2D eigenvalue weighted by Gasteiger charge is -2.27. The van der Waals surface area contributed by atoms with Gasteiger partial charge >= 0.3 is 6.64 Å². The van der Waals surface area contributed by atoms with Crippen molar-refractivity contribution in [2.24, 2.45) is 0 Å². The normalized spacial score (nSPS) is 11.7. The molecule has 0 unspecified atom stereocenters. The van der Waals surface area contributed by atoms with Crippen LogP contribution in [-0.4, -0.2) is 6.54 Å². The van der Waals surface area contributed by atoms with Crippen LogP contribution in [-0.2, 0) is 11.8 Å². The fourth-order valence-electron chi connectivity index (χ4n) is 1.90. The Morgan fingerprint density at radius 2 is 0.867 bits per heavy atom. The van der Waals surface area contributed by atoms with E-state index < -0.39 is 6.64 Å². The smallest absolute Gasteiger partial charge is 0.365 e. The molecule has 0 heterocycles. The van der Waals surface area contributed by atoms with Gasteiger partial charge in [0.15, 0.2) is 11.5 Å². The van der Waals surface area contributed by atoms with Gasteiger partial charge in [-0.3, -0.25) is 0 Å². The van der Waals surface area contributed by atoms with Gasteiger partial charge in [-0.15, -0.1) is 0 Å². The minimum atomic E-state index is -3.47. The predicted octanol–water partition coefficient (Wildman–Crippen LogP) is 10.9. The molecule has 3 nitrogen and oxygen atoms in total. The summed E-state index contributed by atoms with van der Waals surface area (Å²) < 4.78 is 11.7. The SMILES string of the molecule is CCCNP(=S)(Oc1c(Cl)c(Cl)c(Cl)c(Cl)c1Cl)Oc1c(Cl)c(Cl)c(Cl)c(Cl)c1Cl. The highest BCUT2D eigenvalue weighted by Crippen LogP contribution is 2.57. The van der Waals surface area contributed by atoms with E-state index >= 15 is 0 Å². The van der Waals surface area contributed by atoms with Gasteiger partial charge < -0.3 is 9.05 Å². The fraction of sp³-hybridized carbons (Fsp3) is 0.200. The summed E-state index contributed by atoms with van der Waals surface area (Å²) in [5.74, 6) is -0.272. The summed E-state index contributed by atoms with van der Waals surface area (Å²) in [7, 11) is 0. The van der Waals surface area contributed by atoms with Crippen LogP contribution in [0.4, 0.5) is 0 Å². The van der Waals surface area contributed by atoms with E-state index in [1.807, 2.05) is 6.92 Å². The molecule has 0 aromatic heterocycles. The van der Waals surface area contributed by atoms with Crippen molar-refractivity contribution in [1.82, 2.24) is 5.09 Å². The molecule has 0 aliphatic carbocycles. The first-order chi connectivity index (χ1) is 13.9. The zero-order valence-electron chi connectivity index (χ0n) is 14.4. The molecular weight excluding hydrogens is 644 g/mol. The maximum absolute atomic E-state index is 6.24. The first kappa shape index (κ1) is 27.8. The summed E-state index contributed by atoms with van der Waals surface area (Å²) in [6, 6.07) is 0. The molecule has 30 heavy (non-hydrogen) atoms. The van der Waals surface area contributed by atoms with Crippen LogP contribution < -0.4 is 14.1 Å². The van der Waals surface area contributed by atoms with Crippen molar-refractivity contribution in [3.63, 3.8) is 0 Å². The van der Waals surface area contributed by atoms with E-state index in [0.717, 1.165) is 0 Å². The standard InChI is InChI=1S/C15H8Cl10NO2PS/c1-2-3-26-29(30,27-14-10(22)6(18)4(16)7(19)11(14)23)28-15-12(24)8(20)5(17)9(21)13(15)25/h2-3H2,1H3,(H,26,30). The number of rotatable bonds is 7. The summed E-state index contributed by atoms with van der Waals surface area (Å²) in [5, 5.41) is 2.12. The minimum Gasteiger partial charge on any atom is -0.421 e. The highest BCUT2D eigenvalue weighted by atomic mass is 35.5. The molecule has 0 aliphatic heterocycles. The van der Waals surface area contributed by atoms with Crippen LogP contribution in [0.3, 0.4) is 0 Å². The Morgan fingerprint density at radius 3 is 1.13 bits per heavy atom. The summed E-state index contributed by atoms with van der Waals surface area (Å²) in [6.07, 6.45) is 0.679. The van der Waals surface area contributed by atoms with Crippen LogP contribution in [0, 0.1) is 0 Å². The van der Waals surface area contributed by atoms with Gasteiger partial charge in [-0.25, -0.2) is 5.09 Å². The third-order valence-corrected chi connectivity index (χ3v) is 10.1. The van der Waals surface area contributed by atoms with E-state index in [2.05, 4.69) is 5.09 Å². The first-order valence-corrected chi connectivity index (χ1v) is 14.0. The molecule has 0 fully saturated rings.